The van der Waals surface area contributed by atoms with Crippen LogP contribution in [0.5, 0.6) is 0 Å². The molecule has 0 saturated heterocycles. The first-order valence-corrected chi connectivity index (χ1v) is 4.97. The zero-order valence-corrected chi connectivity index (χ0v) is 9.39. The number of H-pyrrole nitrogens is 1. The van der Waals surface area contributed by atoms with Crippen molar-refractivity contribution in [1.29, 1.82) is 0 Å². The minimum Gasteiger partial charge on any atom is -0.465 e. The molecule has 2 rings (SSSR count). The molecule has 2 aromatic rings. The number of nitrogens with one attached hydrogen (secondary N) is 1. The number of fused-ring (bicyclic) bond motifs is 1. The van der Waals surface area contributed by atoms with Crippen molar-refractivity contribution in [3.05, 3.63) is 34.2 Å². The first-order chi connectivity index (χ1) is 7.13. The molecule has 0 spiro atoms. The number of rotatable bonds is 1. The number of hydrogen-bond acceptors (Lipinski definition) is 2. The lowest BCUT2D eigenvalue weighted by molar-refractivity contribution is 0.0603. The van der Waals surface area contributed by atoms with Crippen molar-refractivity contribution in [2.24, 2.45) is 0 Å². The third-order valence-electron chi connectivity index (χ3n) is 2.10. The van der Waals surface area contributed by atoms with Crippen molar-refractivity contribution in [2.45, 2.75) is 0 Å². The molecule has 0 bridgehead atoms. The third kappa shape index (κ3) is 1.63. The van der Waals surface area contributed by atoms with E-state index in [2.05, 4.69) is 25.7 Å². The molecule has 0 atom stereocenters. The molecular formula is C10H7BrFNO2. The number of carbonyl (C=O) groups is 1. The van der Waals surface area contributed by atoms with E-state index < -0.39 is 5.97 Å². The van der Waals surface area contributed by atoms with Crippen LogP contribution in [0.25, 0.3) is 10.9 Å². The van der Waals surface area contributed by atoms with E-state index in [1.165, 1.54) is 25.4 Å². The second-order valence-electron chi connectivity index (χ2n) is 3.00. The van der Waals surface area contributed by atoms with Gasteiger partial charge in [-0.25, -0.2) is 9.18 Å². The summed E-state index contributed by atoms with van der Waals surface area (Å²) in [6, 6.07) is 2.63. The molecule has 78 valence electrons. The number of ether oxygens (including phenoxy) is 1. The van der Waals surface area contributed by atoms with Gasteiger partial charge in [0.15, 0.2) is 0 Å². The number of aromatic amines is 1. The molecular weight excluding hydrogens is 265 g/mol. The lowest BCUT2D eigenvalue weighted by Gasteiger charge is -1.99. The maximum atomic E-state index is 13.0. The van der Waals surface area contributed by atoms with E-state index >= 15 is 0 Å². The van der Waals surface area contributed by atoms with Crippen molar-refractivity contribution < 1.29 is 13.9 Å². The Morgan fingerprint density at radius 2 is 2.27 bits per heavy atom. The zero-order valence-electron chi connectivity index (χ0n) is 7.80. The van der Waals surface area contributed by atoms with E-state index in [4.69, 9.17) is 0 Å². The summed E-state index contributed by atoms with van der Waals surface area (Å²) in [6.45, 7) is 0. The molecule has 1 heterocycles. The molecule has 5 heteroatoms. The topological polar surface area (TPSA) is 42.1 Å². The third-order valence-corrected chi connectivity index (χ3v) is 2.73. The molecule has 0 amide bonds. The van der Waals surface area contributed by atoms with Crippen LogP contribution in [0.3, 0.4) is 0 Å². The molecule has 1 N–H and O–H groups in total. The van der Waals surface area contributed by atoms with Crippen LogP contribution >= 0.6 is 15.9 Å². The quantitative estimate of drug-likeness (QED) is 0.811. The van der Waals surface area contributed by atoms with Gasteiger partial charge in [0.2, 0.25) is 0 Å². The number of benzene rings is 1. The standard InChI is InChI=1S/C10H7BrFNO2/c1-15-10(14)6-4-13-8-3-5(12)2-7(11)9(6)8/h2-4,13H,1H3. The molecule has 0 saturated carbocycles. The average molecular weight is 272 g/mol. The number of methoxy groups -OCH3 is 1. The van der Waals surface area contributed by atoms with Crippen LogP contribution in [-0.2, 0) is 4.74 Å². The summed E-state index contributed by atoms with van der Waals surface area (Å²) in [4.78, 5) is 14.2. The molecule has 3 nitrogen and oxygen atoms in total. The fourth-order valence-corrected chi connectivity index (χ4v) is 2.10. The van der Waals surface area contributed by atoms with Crippen LogP contribution in [0.1, 0.15) is 10.4 Å². The molecule has 0 fully saturated rings. The Hall–Kier alpha value is -1.36. The Labute approximate surface area is 93.4 Å². The lowest BCUT2D eigenvalue weighted by atomic mass is 10.2. The van der Waals surface area contributed by atoms with E-state index in [9.17, 15) is 9.18 Å². The zero-order chi connectivity index (χ0) is 11.0. The largest absolute Gasteiger partial charge is 0.465 e. The summed E-state index contributed by atoms with van der Waals surface area (Å²) in [6.07, 6.45) is 1.50. The van der Waals surface area contributed by atoms with Crippen LogP contribution in [-0.4, -0.2) is 18.1 Å². The highest BCUT2D eigenvalue weighted by Crippen LogP contribution is 2.28. The second kappa shape index (κ2) is 3.66. The summed E-state index contributed by atoms with van der Waals surface area (Å²) < 4.78 is 18.2. The Balaban J connectivity index is 2.74. The summed E-state index contributed by atoms with van der Waals surface area (Å²) in [5.41, 5.74) is 0.946. The predicted molar refractivity (Wildman–Crippen MR) is 57.3 cm³/mol. The fourth-order valence-electron chi connectivity index (χ4n) is 1.45. The Kier molecular flexibility index (Phi) is 2.48. The van der Waals surface area contributed by atoms with Crippen molar-refractivity contribution in [2.75, 3.05) is 7.11 Å². The van der Waals surface area contributed by atoms with Crippen molar-refractivity contribution in [1.82, 2.24) is 4.98 Å². The Morgan fingerprint density at radius 3 is 2.93 bits per heavy atom. The summed E-state index contributed by atoms with van der Waals surface area (Å²) >= 11 is 3.21. The molecule has 15 heavy (non-hydrogen) atoms. The van der Waals surface area contributed by atoms with Crippen molar-refractivity contribution >= 4 is 32.8 Å². The smallest absolute Gasteiger partial charge is 0.340 e. The summed E-state index contributed by atoms with van der Waals surface area (Å²) in [5, 5.41) is 0.628. The van der Waals surface area contributed by atoms with Gasteiger partial charge in [-0.05, 0) is 28.1 Å². The molecule has 0 aliphatic carbocycles. The predicted octanol–water partition coefficient (Wildman–Crippen LogP) is 2.86. The van der Waals surface area contributed by atoms with Crippen LogP contribution in [0.2, 0.25) is 0 Å². The SMILES string of the molecule is COC(=O)c1c[nH]c2cc(F)cc(Br)c12. The Morgan fingerprint density at radius 1 is 1.53 bits per heavy atom. The van der Waals surface area contributed by atoms with Gasteiger partial charge in [-0.3, -0.25) is 0 Å². The number of carbonyl (C=O) groups excluding carboxylic acids is 1. The monoisotopic (exact) mass is 271 g/mol. The number of halogens is 2. The van der Waals surface area contributed by atoms with Crippen LogP contribution in [0.15, 0.2) is 22.8 Å². The van der Waals surface area contributed by atoms with E-state index in [1.807, 2.05) is 0 Å². The van der Waals surface area contributed by atoms with E-state index in [-0.39, 0.29) is 5.82 Å². The van der Waals surface area contributed by atoms with Crippen molar-refractivity contribution in [3.63, 3.8) is 0 Å². The van der Waals surface area contributed by atoms with Gasteiger partial charge in [0.25, 0.3) is 0 Å². The highest BCUT2D eigenvalue weighted by molar-refractivity contribution is 9.10. The molecule has 1 aromatic carbocycles. The van der Waals surface area contributed by atoms with Crippen LogP contribution in [0, 0.1) is 5.82 Å². The maximum absolute atomic E-state index is 13.0. The van der Waals surface area contributed by atoms with Gasteiger partial charge in [-0.2, -0.15) is 0 Å². The Bertz CT molecular complexity index is 535. The molecule has 0 aliphatic heterocycles. The first kappa shape index (κ1) is 10.2. The number of hydrogen-bond donors (Lipinski definition) is 1. The van der Waals surface area contributed by atoms with Crippen LogP contribution < -0.4 is 0 Å². The lowest BCUT2D eigenvalue weighted by Crippen LogP contribution is -1.99. The van der Waals surface area contributed by atoms with Gasteiger partial charge in [-0.15, -0.1) is 0 Å². The minimum atomic E-state index is -0.450. The maximum Gasteiger partial charge on any atom is 0.340 e. The average Bonchev–Trinajstić information content (AvgIpc) is 2.60. The molecule has 1 aromatic heterocycles. The first-order valence-electron chi connectivity index (χ1n) is 4.18. The second-order valence-corrected chi connectivity index (χ2v) is 3.86. The molecule has 0 unspecified atom stereocenters. The van der Waals surface area contributed by atoms with E-state index in [0.717, 1.165) is 0 Å². The van der Waals surface area contributed by atoms with Gasteiger partial charge in [-0.1, -0.05) is 0 Å². The highest BCUT2D eigenvalue weighted by atomic mass is 79.9. The summed E-state index contributed by atoms with van der Waals surface area (Å²) in [5.74, 6) is -0.818. The molecule has 0 radical (unpaired) electrons. The molecule has 0 aliphatic rings. The number of esters is 1. The summed E-state index contributed by atoms with van der Waals surface area (Å²) in [7, 11) is 1.30. The fraction of sp³-hybridized carbons (Fsp3) is 0.100. The van der Waals surface area contributed by atoms with Crippen LogP contribution in [0.4, 0.5) is 4.39 Å². The minimum absolute atomic E-state index is 0.368. The van der Waals surface area contributed by atoms with Crippen molar-refractivity contribution in [3.8, 4) is 0 Å². The van der Waals surface area contributed by atoms with Gasteiger partial charge in [0.05, 0.1) is 18.2 Å². The normalized spacial score (nSPS) is 10.6. The van der Waals surface area contributed by atoms with Gasteiger partial charge in [0, 0.05) is 16.1 Å². The van der Waals surface area contributed by atoms with E-state index in [1.54, 1.807) is 0 Å². The van der Waals surface area contributed by atoms with Gasteiger partial charge >= 0.3 is 5.97 Å². The van der Waals surface area contributed by atoms with Gasteiger partial charge in [0.1, 0.15) is 5.82 Å². The highest BCUT2D eigenvalue weighted by Gasteiger charge is 2.15. The van der Waals surface area contributed by atoms with Gasteiger partial charge < -0.3 is 9.72 Å². The van der Waals surface area contributed by atoms with E-state index in [0.29, 0.717) is 20.9 Å². The number of aromatic nitrogens is 1.